The minimum absolute atomic E-state index is 0.196. The fourth-order valence-corrected chi connectivity index (χ4v) is 4.38. The van der Waals surface area contributed by atoms with Crippen LogP contribution in [0.25, 0.3) is 0 Å². The molecule has 0 atom stereocenters. The number of hydrogen-bond donors (Lipinski definition) is 2. The number of ether oxygens (including phenoxy) is 2. The molecule has 160 valence electrons. The Bertz CT molecular complexity index is 678. The first kappa shape index (κ1) is 21.6. The van der Waals surface area contributed by atoms with Gasteiger partial charge in [-0.05, 0) is 30.5 Å². The zero-order chi connectivity index (χ0) is 20.5. The third kappa shape index (κ3) is 5.70. The van der Waals surface area contributed by atoms with Crippen LogP contribution in [0.5, 0.6) is 0 Å². The molecule has 0 bridgehead atoms. The molecule has 3 rings (SSSR count). The summed E-state index contributed by atoms with van der Waals surface area (Å²) in [4.78, 5) is 18.6. The minimum atomic E-state index is -0.317. The molecule has 7 heteroatoms. The molecule has 1 aromatic carbocycles. The van der Waals surface area contributed by atoms with Crippen LogP contribution in [0.3, 0.4) is 0 Å². The van der Waals surface area contributed by atoms with Crippen molar-refractivity contribution >= 4 is 11.9 Å². The first-order valence-corrected chi connectivity index (χ1v) is 10.6. The van der Waals surface area contributed by atoms with Crippen LogP contribution in [-0.4, -0.2) is 69.4 Å². The molecule has 0 aromatic heterocycles. The van der Waals surface area contributed by atoms with Crippen molar-refractivity contribution in [2.75, 3.05) is 47.0 Å². The number of guanidine groups is 1. The van der Waals surface area contributed by atoms with Gasteiger partial charge in [-0.2, -0.15) is 0 Å². The van der Waals surface area contributed by atoms with Crippen molar-refractivity contribution < 1.29 is 14.3 Å². The summed E-state index contributed by atoms with van der Waals surface area (Å²) in [7, 11) is 3.20. The Kier molecular flexibility index (Phi) is 7.89. The highest BCUT2D eigenvalue weighted by molar-refractivity contribution is 5.89. The van der Waals surface area contributed by atoms with E-state index >= 15 is 0 Å². The fourth-order valence-electron chi connectivity index (χ4n) is 4.38. The smallest absolute Gasteiger partial charge is 0.337 e. The van der Waals surface area contributed by atoms with Gasteiger partial charge in [0, 0.05) is 38.8 Å². The first-order chi connectivity index (χ1) is 14.2. The number of carbonyl (C=O) groups is 1. The van der Waals surface area contributed by atoms with Crippen LogP contribution in [0.2, 0.25) is 0 Å². The van der Waals surface area contributed by atoms with Crippen molar-refractivity contribution in [3.63, 3.8) is 0 Å². The van der Waals surface area contributed by atoms with Crippen molar-refractivity contribution in [2.24, 2.45) is 4.99 Å². The van der Waals surface area contributed by atoms with Crippen LogP contribution < -0.4 is 10.6 Å². The van der Waals surface area contributed by atoms with E-state index in [1.165, 1.54) is 39.2 Å². The third-order valence-corrected chi connectivity index (χ3v) is 6.11. The van der Waals surface area contributed by atoms with Gasteiger partial charge in [-0.15, -0.1) is 0 Å². The van der Waals surface area contributed by atoms with E-state index in [0.29, 0.717) is 12.1 Å². The number of hydrogen-bond acceptors (Lipinski definition) is 5. The average molecular weight is 403 g/mol. The molecular weight excluding hydrogens is 368 g/mol. The summed E-state index contributed by atoms with van der Waals surface area (Å²) in [5, 5.41) is 6.96. The Labute approximate surface area is 173 Å². The summed E-state index contributed by atoms with van der Waals surface area (Å²) in [5.74, 6) is 0.489. The summed E-state index contributed by atoms with van der Waals surface area (Å²) in [5.41, 5.74) is 1.84. The number of carbonyl (C=O) groups excluding carboxylic acids is 1. The third-order valence-electron chi connectivity index (χ3n) is 6.11. The number of nitrogens with zero attached hydrogens (tertiary/aromatic N) is 2. The Hall–Kier alpha value is -2.12. The highest BCUT2D eigenvalue weighted by Gasteiger charge is 2.38. The zero-order valence-electron chi connectivity index (χ0n) is 17.7. The second kappa shape index (κ2) is 10.6. The maximum atomic E-state index is 11.6. The standard InChI is InChI=1S/C22H34N4O3/c1-23-21(24-16-18-6-8-19(9-7-18)20(27)28-2)25-17-22(10-4-3-5-11-22)26-12-14-29-15-13-26/h6-9H,3-5,10-17H2,1-2H3,(H2,23,24,25). The van der Waals surface area contributed by atoms with Gasteiger partial charge in [-0.3, -0.25) is 9.89 Å². The molecule has 1 saturated heterocycles. The zero-order valence-corrected chi connectivity index (χ0v) is 17.7. The Balaban J connectivity index is 1.55. The molecule has 1 heterocycles. The minimum Gasteiger partial charge on any atom is -0.465 e. The molecular formula is C22H34N4O3. The van der Waals surface area contributed by atoms with E-state index in [2.05, 4.69) is 20.5 Å². The van der Waals surface area contributed by atoms with Crippen LogP contribution in [0.15, 0.2) is 29.3 Å². The molecule has 0 spiro atoms. The van der Waals surface area contributed by atoms with Gasteiger partial charge in [0.05, 0.1) is 25.9 Å². The lowest BCUT2D eigenvalue weighted by Crippen LogP contribution is -2.60. The normalized spacial score (nSPS) is 20.1. The molecule has 1 saturated carbocycles. The predicted octanol–water partition coefficient (Wildman–Crippen LogP) is 2.17. The molecule has 1 aromatic rings. The lowest BCUT2D eigenvalue weighted by atomic mass is 9.80. The quantitative estimate of drug-likeness (QED) is 0.432. The van der Waals surface area contributed by atoms with Gasteiger partial charge in [0.15, 0.2) is 5.96 Å². The van der Waals surface area contributed by atoms with Crippen LogP contribution in [0.1, 0.15) is 48.0 Å². The Morgan fingerprint density at radius 3 is 2.45 bits per heavy atom. The van der Waals surface area contributed by atoms with Crippen molar-refractivity contribution in [2.45, 2.75) is 44.2 Å². The molecule has 7 nitrogen and oxygen atoms in total. The second-order valence-electron chi connectivity index (χ2n) is 7.85. The number of morpholine rings is 1. The molecule has 0 amide bonds. The maximum absolute atomic E-state index is 11.6. The number of methoxy groups -OCH3 is 1. The highest BCUT2D eigenvalue weighted by Crippen LogP contribution is 2.33. The van der Waals surface area contributed by atoms with E-state index in [0.717, 1.165) is 44.4 Å². The molecule has 1 aliphatic heterocycles. The number of aliphatic imine (C=N–C) groups is 1. The summed E-state index contributed by atoms with van der Waals surface area (Å²) in [6, 6.07) is 7.44. The van der Waals surface area contributed by atoms with Gasteiger partial charge >= 0.3 is 5.97 Å². The number of esters is 1. The lowest BCUT2D eigenvalue weighted by molar-refractivity contribution is -0.0352. The summed E-state index contributed by atoms with van der Waals surface area (Å²) in [6.07, 6.45) is 6.37. The first-order valence-electron chi connectivity index (χ1n) is 10.6. The molecule has 2 fully saturated rings. The van der Waals surface area contributed by atoms with E-state index in [1.807, 2.05) is 12.1 Å². The fraction of sp³-hybridized carbons (Fsp3) is 0.636. The molecule has 2 aliphatic rings. The lowest BCUT2D eigenvalue weighted by Gasteiger charge is -2.48. The topological polar surface area (TPSA) is 75.2 Å². The van der Waals surface area contributed by atoms with E-state index < -0.39 is 0 Å². The number of nitrogens with one attached hydrogen (secondary N) is 2. The van der Waals surface area contributed by atoms with E-state index in [-0.39, 0.29) is 11.5 Å². The van der Waals surface area contributed by atoms with Crippen LogP contribution in [0.4, 0.5) is 0 Å². The van der Waals surface area contributed by atoms with Gasteiger partial charge in [0.25, 0.3) is 0 Å². The van der Waals surface area contributed by atoms with Gasteiger partial charge in [-0.1, -0.05) is 31.4 Å². The summed E-state index contributed by atoms with van der Waals surface area (Å²) < 4.78 is 10.3. The van der Waals surface area contributed by atoms with E-state index in [9.17, 15) is 4.79 Å². The van der Waals surface area contributed by atoms with Gasteiger partial charge < -0.3 is 20.1 Å². The highest BCUT2D eigenvalue weighted by atomic mass is 16.5. The Morgan fingerprint density at radius 2 is 1.83 bits per heavy atom. The molecule has 29 heavy (non-hydrogen) atoms. The number of benzene rings is 1. The van der Waals surface area contributed by atoms with E-state index in [1.54, 1.807) is 19.2 Å². The molecule has 1 aliphatic carbocycles. The SMILES string of the molecule is CN=C(NCc1ccc(C(=O)OC)cc1)NCC1(N2CCOCC2)CCCCC1. The second-order valence-corrected chi connectivity index (χ2v) is 7.85. The van der Waals surface area contributed by atoms with E-state index in [4.69, 9.17) is 9.47 Å². The predicted molar refractivity (Wildman–Crippen MR) is 114 cm³/mol. The molecule has 0 unspecified atom stereocenters. The monoisotopic (exact) mass is 402 g/mol. The van der Waals surface area contributed by atoms with Crippen LogP contribution >= 0.6 is 0 Å². The van der Waals surface area contributed by atoms with Gasteiger partial charge in [0.2, 0.25) is 0 Å². The maximum Gasteiger partial charge on any atom is 0.337 e. The van der Waals surface area contributed by atoms with Crippen LogP contribution in [0, 0.1) is 0 Å². The molecule has 2 N–H and O–H groups in total. The van der Waals surface area contributed by atoms with Gasteiger partial charge in [-0.25, -0.2) is 4.79 Å². The van der Waals surface area contributed by atoms with Gasteiger partial charge in [0.1, 0.15) is 0 Å². The average Bonchev–Trinajstić information content (AvgIpc) is 2.80. The summed E-state index contributed by atoms with van der Waals surface area (Å²) in [6.45, 7) is 5.23. The van der Waals surface area contributed by atoms with Crippen molar-refractivity contribution in [1.29, 1.82) is 0 Å². The van der Waals surface area contributed by atoms with Crippen molar-refractivity contribution in [3.8, 4) is 0 Å². The summed E-state index contributed by atoms with van der Waals surface area (Å²) >= 11 is 0. The molecule has 0 radical (unpaired) electrons. The number of rotatable bonds is 6. The van der Waals surface area contributed by atoms with Crippen molar-refractivity contribution in [1.82, 2.24) is 15.5 Å². The largest absolute Gasteiger partial charge is 0.465 e. The Morgan fingerprint density at radius 1 is 1.14 bits per heavy atom. The van der Waals surface area contributed by atoms with Crippen molar-refractivity contribution in [3.05, 3.63) is 35.4 Å². The van der Waals surface area contributed by atoms with Crippen LogP contribution in [-0.2, 0) is 16.0 Å².